The topological polar surface area (TPSA) is 182 Å². The van der Waals surface area contributed by atoms with Crippen LogP contribution < -0.4 is 22.9 Å². The lowest BCUT2D eigenvalue weighted by atomic mass is 10.1. The highest BCUT2D eigenvalue weighted by Gasteiger charge is 2.34. The van der Waals surface area contributed by atoms with Crippen molar-refractivity contribution in [3.05, 3.63) is 0 Å². The molecule has 0 atom stereocenters. The van der Waals surface area contributed by atoms with E-state index in [2.05, 4.69) is 0 Å². The first-order valence-corrected chi connectivity index (χ1v) is 5.49. The number of Topliss-reactive ketones (excluding diaryl/α,β-unsaturated/α-hetero) is 4. The fourth-order valence-corrected chi connectivity index (χ4v) is 1.23. The third-order valence-electron chi connectivity index (χ3n) is 2.25. The molecule has 0 heterocycles. The van der Waals surface area contributed by atoms with E-state index >= 15 is 0 Å². The second kappa shape index (κ2) is 8.56. The second-order valence-electron chi connectivity index (χ2n) is 3.58. The zero-order valence-corrected chi connectivity index (χ0v) is 10.3. The molecule has 19 heavy (non-hydrogen) atoms. The van der Waals surface area contributed by atoms with Crippen LogP contribution in [0.25, 0.3) is 0 Å². The van der Waals surface area contributed by atoms with Crippen LogP contribution in [0.2, 0.25) is 0 Å². The predicted octanol–water partition coefficient (Wildman–Crippen LogP) is -4.15. The summed E-state index contributed by atoms with van der Waals surface area (Å²) in [5.41, 5.74) is 20.5. The van der Waals surface area contributed by atoms with E-state index in [1.807, 2.05) is 0 Å². The Balaban J connectivity index is 5.13. The molecule has 8 N–H and O–H groups in total. The summed E-state index contributed by atoms with van der Waals surface area (Å²) in [6, 6.07) is 0. The van der Waals surface area contributed by atoms with Crippen molar-refractivity contribution >= 4 is 23.1 Å². The van der Waals surface area contributed by atoms with Gasteiger partial charge in [0.15, 0.2) is 35.3 Å². The predicted molar refractivity (Wildman–Crippen MR) is 64.9 cm³/mol. The molecule has 0 fully saturated rings. The van der Waals surface area contributed by atoms with Crippen LogP contribution in [0, 0.1) is 0 Å². The van der Waals surface area contributed by atoms with Crippen molar-refractivity contribution < 1.29 is 23.9 Å². The van der Waals surface area contributed by atoms with Crippen molar-refractivity contribution in [3.8, 4) is 0 Å². The van der Waals surface area contributed by atoms with E-state index in [1.54, 1.807) is 0 Å². The normalized spacial score (nSPS) is 10.8. The Bertz CT molecular complexity index is 305. The number of hydrogen-bond donors (Lipinski definition) is 4. The molecule has 0 aromatic carbocycles. The minimum Gasteiger partial charge on any atom is -0.343 e. The van der Waals surface area contributed by atoms with Crippen LogP contribution in [0.4, 0.5) is 0 Å². The fourth-order valence-electron chi connectivity index (χ4n) is 1.23. The van der Waals surface area contributed by atoms with Crippen molar-refractivity contribution in [2.45, 2.75) is 12.2 Å². The lowest BCUT2D eigenvalue weighted by Gasteiger charge is -2.20. The average molecular weight is 274 g/mol. The molecule has 0 unspecified atom stereocenters. The van der Waals surface area contributed by atoms with Crippen molar-refractivity contribution in [3.63, 3.8) is 0 Å². The van der Waals surface area contributed by atoms with Crippen LogP contribution in [0.3, 0.4) is 0 Å². The standard InChI is InChI=1S/C10H18N4O5/c11-1-5(15)9(6(16)2-12)19-10(7(17)3-13)8(18)4-14/h9-10H,1-4,11-14H2. The van der Waals surface area contributed by atoms with Crippen LogP contribution in [0.15, 0.2) is 0 Å². The van der Waals surface area contributed by atoms with Gasteiger partial charge in [-0.05, 0) is 0 Å². The Kier molecular flexibility index (Phi) is 7.87. The highest BCUT2D eigenvalue weighted by atomic mass is 16.5. The lowest BCUT2D eigenvalue weighted by Crippen LogP contribution is -2.49. The van der Waals surface area contributed by atoms with E-state index in [0.29, 0.717) is 0 Å². The smallest absolute Gasteiger partial charge is 0.182 e. The van der Waals surface area contributed by atoms with Gasteiger partial charge in [-0.3, -0.25) is 19.2 Å². The van der Waals surface area contributed by atoms with Crippen LogP contribution in [-0.4, -0.2) is 61.5 Å². The number of ketones is 4. The van der Waals surface area contributed by atoms with Crippen LogP contribution in [0.1, 0.15) is 0 Å². The summed E-state index contributed by atoms with van der Waals surface area (Å²) < 4.78 is 4.94. The minimum atomic E-state index is -1.66. The summed E-state index contributed by atoms with van der Waals surface area (Å²) in [7, 11) is 0. The summed E-state index contributed by atoms with van der Waals surface area (Å²) in [6.07, 6.45) is -3.32. The van der Waals surface area contributed by atoms with Gasteiger partial charge in [-0.15, -0.1) is 0 Å². The molecular weight excluding hydrogens is 256 g/mol. The summed E-state index contributed by atoms with van der Waals surface area (Å²) in [4.78, 5) is 45.8. The van der Waals surface area contributed by atoms with Crippen LogP contribution in [0.5, 0.6) is 0 Å². The summed E-state index contributed by atoms with van der Waals surface area (Å²) >= 11 is 0. The van der Waals surface area contributed by atoms with Gasteiger partial charge >= 0.3 is 0 Å². The van der Waals surface area contributed by atoms with Gasteiger partial charge in [0.1, 0.15) is 0 Å². The highest BCUT2D eigenvalue weighted by molar-refractivity contribution is 6.10. The molecule has 0 rings (SSSR count). The van der Waals surface area contributed by atoms with Crippen molar-refractivity contribution in [2.75, 3.05) is 26.2 Å². The Morgan fingerprint density at radius 1 is 0.632 bits per heavy atom. The SMILES string of the molecule is NCC(=O)C(OC(C(=O)CN)C(=O)CN)C(=O)CN. The third kappa shape index (κ3) is 4.93. The Labute approximate surface area is 109 Å². The Morgan fingerprint density at radius 3 is 1.00 bits per heavy atom. The molecule has 0 aliphatic carbocycles. The van der Waals surface area contributed by atoms with Gasteiger partial charge < -0.3 is 27.7 Å². The molecule has 0 amide bonds. The summed E-state index contributed by atoms with van der Waals surface area (Å²) in [5.74, 6) is -3.13. The number of ether oxygens (including phenoxy) is 1. The zero-order chi connectivity index (χ0) is 15.0. The third-order valence-corrected chi connectivity index (χ3v) is 2.25. The van der Waals surface area contributed by atoms with E-state index < -0.39 is 61.5 Å². The van der Waals surface area contributed by atoms with Gasteiger partial charge in [-0.1, -0.05) is 0 Å². The van der Waals surface area contributed by atoms with Gasteiger partial charge in [0.25, 0.3) is 0 Å². The zero-order valence-electron chi connectivity index (χ0n) is 10.3. The maximum atomic E-state index is 11.5. The molecule has 0 saturated heterocycles. The molecule has 0 aromatic heterocycles. The molecule has 108 valence electrons. The first-order chi connectivity index (χ1) is 8.92. The average Bonchev–Trinajstić information content (AvgIpc) is 2.45. The van der Waals surface area contributed by atoms with Crippen molar-refractivity contribution in [1.82, 2.24) is 0 Å². The number of hydrogen-bond acceptors (Lipinski definition) is 9. The number of rotatable bonds is 10. The molecule has 0 saturated carbocycles. The second-order valence-corrected chi connectivity index (χ2v) is 3.58. The largest absolute Gasteiger partial charge is 0.343 e. The Morgan fingerprint density at radius 2 is 0.842 bits per heavy atom. The van der Waals surface area contributed by atoms with Crippen molar-refractivity contribution in [1.29, 1.82) is 0 Å². The molecule has 0 radical (unpaired) electrons. The molecule has 0 spiro atoms. The lowest BCUT2D eigenvalue weighted by molar-refractivity contribution is -0.154. The van der Waals surface area contributed by atoms with Gasteiger partial charge in [0, 0.05) is 0 Å². The summed E-state index contributed by atoms with van der Waals surface area (Å²) in [6.45, 7) is -1.96. The number of carbonyl (C=O) groups excluding carboxylic acids is 4. The maximum Gasteiger partial charge on any atom is 0.182 e. The maximum absolute atomic E-state index is 11.5. The molecular formula is C10H18N4O5. The minimum absolute atomic E-state index is 0.489. The van der Waals surface area contributed by atoms with E-state index in [9.17, 15) is 19.2 Å². The molecule has 0 bridgehead atoms. The van der Waals surface area contributed by atoms with E-state index in [-0.39, 0.29) is 0 Å². The van der Waals surface area contributed by atoms with Gasteiger partial charge in [0.05, 0.1) is 26.2 Å². The molecule has 0 aliphatic heterocycles. The van der Waals surface area contributed by atoms with Gasteiger partial charge in [0.2, 0.25) is 0 Å². The highest BCUT2D eigenvalue weighted by Crippen LogP contribution is 2.04. The molecule has 9 nitrogen and oxygen atoms in total. The van der Waals surface area contributed by atoms with Gasteiger partial charge in [-0.25, -0.2) is 0 Å². The quantitative estimate of drug-likeness (QED) is 0.287. The van der Waals surface area contributed by atoms with E-state index in [4.69, 9.17) is 27.7 Å². The first-order valence-electron chi connectivity index (χ1n) is 5.49. The van der Waals surface area contributed by atoms with E-state index in [1.165, 1.54) is 0 Å². The fraction of sp³-hybridized carbons (Fsp3) is 0.600. The van der Waals surface area contributed by atoms with Crippen LogP contribution >= 0.6 is 0 Å². The first kappa shape index (κ1) is 17.5. The molecule has 0 aliphatic rings. The molecule has 0 aromatic rings. The summed E-state index contributed by atoms with van der Waals surface area (Å²) in [5, 5.41) is 0. The van der Waals surface area contributed by atoms with Crippen LogP contribution in [-0.2, 0) is 23.9 Å². The molecule has 9 heteroatoms. The number of carbonyl (C=O) groups is 4. The number of nitrogens with two attached hydrogens (primary N) is 4. The Hall–Kier alpha value is -1.52. The van der Waals surface area contributed by atoms with Gasteiger partial charge in [-0.2, -0.15) is 0 Å². The van der Waals surface area contributed by atoms with Crippen molar-refractivity contribution in [2.24, 2.45) is 22.9 Å². The monoisotopic (exact) mass is 274 g/mol. The van der Waals surface area contributed by atoms with E-state index in [0.717, 1.165) is 0 Å².